The topological polar surface area (TPSA) is 44.5 Å². The molecule has 0 saturated carbocycles. The normalized spacial score (nSPS) is 13.8. The van der Waals surface area contributed by atoms with E-state index in [0.29, 0.717) is 0 Å². The van der Waals surface area contributed by atoms with Crippen molar-refractivity contribution in [1.29, 1.82) is 0 Å². The zero-order valence-electron chi connectivity index (χ0n) is 11.4. The molecular formula is C14H14Br3NO2S. The summed E-state index contributed by atoms with van der Waals surface area (Å²) in [6.45, 7) is 1.94. The SMILES string of the molecule is COc1cc(Br)c(OC(c2cc(Br)cs2)C(C)N)cc1Br. The van der Waals surface area contributed by atoms with Gasteiger partial charge in [0.15, 0.2) is 0 Å². The highest BCUT2D eigenvalue weighted by Gasteiger charge is 2.22. The summed E-state index contributed by atoms with van der Waals surface area (Å²) in [5.74, 6) is 1.46. The zero-order chi connectivity index (χ0) is 15.6. The Balaban J connectivity index is 2.31. The summed E-state index contributed by atoms with van der Waals surface area (Å²) < 4.78 is 14.1. The molecule has 0 aliphatic carbocycles. The minimum absolute atomic E-state index is 0.136. The molecule has 21 heavy (non-hydrogen) atoms. The predicted molar refractivity (Wildman–Crippen MR) is 97.4 cm³/mol. The smallest absolute Gasteiger partial charge is 0.148 e. The first-order valence-corrected chi connectivity index (χ1v) is 9.37. The molecule has 114 valence electrons. The summed E-state index contributed by atoms with van der Waals surface area (Å²) in [6, 6.07) is 5.64. The molecule has 0 spiro atoms. The van der Waals surface area contributed by atoms with E-state index in [1.807, 2.05) is 30.5 Å². The first-order chi connectivity index (χ1) is 9.92. The number of ether oxygens (including phenoxy) is 2. The van der Waals surface area contributed by atoms with Crippen LogP contribution in [0.3, 0.4) is 0 Å². The van der Waals surface area contributed by atoms with Gasteiger partial charge in [-0.05, 0) is 72.9 Å². The molecule has 0 aliphatic rings. The van der Waals surface area contributed by atoms with Crippen LogP contribution >= 0.6 is 59.1 Å². The third-order valence-corrected chi connectivity index (χ3v) is 5.80. The van der Waals surface area contributed by atoms with Crippen LogP contribution in [0.25, 0.3) is 0 Å². The Hall–Kier alpha value is -0.0800. The summed E-state index contributed by atoms with van der Waals surface area (Å²) in [4.78, 5) is 1.08. The van der Waals surface area contributed by atoms with Crippen LogP contribution in [0, 0.1) is 0 Å². The predicted octanol–water partition coefficient (Wildman–Crippen LogP) is 5.51. The van der Waals surface area contributed by atoms with Gasteiger partial charge in [-0.1, -0.05) is 0 Å². The average Bonchev–Trinajstić information content (AvgIpc) is 2.85. The van der Waals surface area contributed by atoms with E-state index in [1.165, 1.54) is 0 Å². The van der Waals surface area contributed by atoms with E-state index in [1.54, 1.807) is 18.4 Å². The van der Waals surface area contributed by atoms with Crippen LogP contribution in [0.5, 0.6) is 11.5 Å². The molecule has 2 rings (SSSR count). The quantitative estimate of drug-likeness (QED) is 0.590. The van der Waals surface area contributed by atoms with Crippen LogP contribution in [0.15, 0.2) is 37.0 Å². The van der Waals surface area contributed by atoms with E-state index in [0.717, 1.165) is 29.8 Å². The molecule has 0 radical (unpaired) electrons. The molecule has 2 atom stereocenters. The lowest BCUT2D eigenvalue weighted by atomic mass is 10.1. The molecule has 0 fully saturated rings. The molecule has 0 bridgehead atoms. The molecule has 1 heterocycles. The Kier molecular flexibility index (Phi) is 6.14. The molecule has 3 nitrogen and oxygen atoms in total. The summed E-state index contributed by atoms with van der Waals surface area (Å²) in [5.41, 5.74) is 6.08. The van der Waals surface area contributed by atoms with Crippen molar-refractivity contribution in [3.8, 4) is 11.5 Å². The Morgan fingerprint density at radius 3 is 2.24 bits per heavy atom. The summed E-state index contributed by atoms with van der Waals surface area (Å²) in [5, 5.41) is 2.02. The van der Waals surface area contributed by atoms with Crippen molar-refractivity contribution >= 4 is 59.1 Å². The van der Waals surface area contributed by atoms with E-state index < -0.39 is 0 Å². The highest BCUT2D eigenvalue weighted by molar-refractivity contribution is 9.11. The largest absolute Gasteiger partial charge is 0.496 e. The number of rotatable bonds is 5. The van der Waals surface area contributed by atoms with Crippen LogP contribution in [0.4, 0.5) is 0 Å². The van der Waals surface area contributed by atoms with Crippen LogP contribution in [0.1, 0.15) is 17.9 Å². The Morgan fingerprint density at radius 2 is 1.71 bits per heavy atom. The van der Waals surface area contributed by atoms with Gasteiger partial charge in [-0.2, -0.15) is 0 Å². The molecule has 1 aromatic carbocycles. The monoisotopic (exact) mass is 497 g/mol. The Bertz CT molecular complexity index is 631. The van der Waals surface area contributed by atoms with Gasteiger partial charge in [0.05, 0.1) is 16.1 Å². The minimum atomic E-state index is -0.210. The second-order valence-electron chi connectivity index (χ2n) is 4.48. The molecule has 2 aromatic rings. The Labute approximate surface area is 153 Å². The lowest BCUT2D eigenvalue weighted by Gasteiger charge is -2.22. The molecule has 0 amide bonds. The lowest BCUT2D eigenvalue weighted by molar-refractivity contribution is 0.182. The number of benzene rings is 1. The fourth-order valence-electron chi connectivity index (χ4n) is 1.80. The standard InChI is InChI=1S/C14H14Br3NO2S/c1-7(18)14(13-3-8(15)6-21-13)20-12-5-9(16)11(19-2)4-10(12)17/h3-7,14H,18H2,1-2H3. The fourth-order valence-corrected chi connectivity index (χ4v) is 4.28. The molecule has 1 aromatic heterocycles. The molecule has 0 saturated heterocycles. The summed E-state index contributed by atoms with van der Waals surface area (Å²) in [6.07, 6.45) is -0.210. The van der Waals surface area contributed by atoms with Gasteiger partial charge in [0.2, 0.25) is 0 Å². The number of methoxy groups -OCH3 is 1. The van der Waals surface area contributed by atoms with Crippen LogP contribution in [-0.4, -0.2) is 13.2 Å². The average molecular weight is 500 g/mol. The fraction of sp³-hybridized carbons (Fsp3) is 0.286. The maximum absolute atomic E-state index is 6.12. The van der Waals surface area contributed by atoms with Crippen molar-refractivity contribution in [3.05, 3.63) is 41.9 Å². The molecule has 0 aliphatic heterocycles. The van der Waals surface area contributed by atoms with Crippen molar-refractivity contribution in [3.63, 3.8) is 0 Å². The van der Waals surface area contributed by atoms with Gasteiger partial charge < -0.3 is 15.2 Å². The number of nitrogens with two attached hydrogens (primary N) is 1. The second-order valence-corrected chi connectivity index (χ2v) is 8.05. The molecule has 7 heteroatoms. The minimum Gasteiger partial charge on any atom is -0.496 e. The maximum Gasteiger partial charge on any atom is 0.148 e. The van der Waals surface area contributed by atoms with Gasteiger partial charge in [-0.25, -0.2) is 0 Å². The second kappa shape index (κ2) is 7.46. The van der Waals surface area contributed by atoms with Gasteiger partial charge in [0.1, 0.15) is 17.6 Å². The third kappa shape index (κ3) is 4.22. The van der Waals surface area contributed by atoms with E-state index in [-0.39, 0.29) is 12.1 Å². The first-order valence-electron chi connectivity index (χ1n) is 6.11. The highest BCUT2D eigenvalue weighted by Crippen LogP contribution is 2.39. The van der Waals surface area contributed by atoms with Crippen molar-refractivity contribution in [2.24, 2.45) is 5.73 Å². The van der Waals surface area contributed by atoms with E-state index in [9.17, 15) is 0 Å². The van der Waals surface area contributed by atoms with E-state index >= 15 is 0 Å². The summed E-state index contributed by atoms with van der Waals surface area (Å²) in [7, 11) is 1.63. The number of thiophene rings is 1. The van der Waals surface area contributed by atoms with E-state index in [4.69, 9.17) is 15.2 Å². The lowest BCUT2D eigenvalue weighted by Crippen LogP contribution is -2.28. The molecular weight excluding hydrogens is 486 g/mol. The molecule has 2 unspecified atom stereocenters. The number of hydrogen-bond donors (Lipinski definition) is 1. The van der Waals surface area contributed by atoms with Crippen LogP contribution in [-0.2, 0) is 0 Å². The molecule has 2 N–H and O–H groups in total. The van der Waals surface area contributed by atoms with Crippen molar-refractivity contribution in [1.82, 2.24) is 0 Å². The third-order valence-electron chi connectivity index (χ3n) is 2.81. The summed E-state index contributed by atoms with van der Waals surface area (Å²) >= 11 is 12.1. The van der Waals surface area contributed by atoms with Crippen molar-refractivity contribution in [2.75, 3.05) is 7.11 Å². The number of halogens is 3. The van der Waals surface area contributed by atoms with E-state index in [2.05, 4.69) is 47.8 Å². The van der Waals surface area contributed by atoms with Crippen molar-refractivity contribution < 1.29 is 9.47 Å². The van der Waals surface area contributed by atoms with Gasteiger partial charge in [-0.15, -0.1) is 11.3 Å². The van der Waals surface area contributed by atoms with Gasteiger partial charge in [0.25, 0.3) is 0 Å². The maximum atomic E-state index is 6.12. The zero-order valence-corrected chi connectivity index (χ0v) is 17.0. The van der Waals surface area contributed by atoms with Gasteiger partial charge in [-0.3, -0.25) is 0 Å². The highest BCUT2D eigenvalue weighted by atomic mass is 79.9. The first kappa shape index (κ1) is 17.3. The number of hydrogen-bond acceptors (Lipinski definition) is 4. The van der Waals surface area contributed by atoms with Gasteiger partial charge in [0, 0.05) is 20.8 Å². The van der Waals surface area contributed by atoms with Crippen LogP contribution in [0.2, 0.25) is 0 Å². The Morgan fingerprint density at radius 1 is 1.10 bits per heavy atom. The van der Waals surface area contributed by atoms with Gasteiger partial charge >= 0.3 is 0 Å². The van der Waals surface area contributed by atoms with Crippen molar-refractivity contribution in [2.45, 2.75) is 19.1 Å². The van der Waals surface area contributed by atoms with Crippen LogP contribution < -0.4 is 15.2 Å².